The first-order valence-electron chi connectivity index (χ1n) is 5.00. The Morgan fingerprint density at radius 1 is 1.07 bits per heavy atom. The normalized spacial score (nSPS) is 11.5. The zero-order valence-corrected chi connectivity index (χ0v) is 8.91. The van der Waals surface area contributed by atoms with Crippen molar-refractivity contribution in [1.82, 2.24) is 0 Å². The molecular weight excluding hydrogens is 170 g/mol. The molecule has 1 unspecified atom stereocenters. The minimum absolute atomic E-state index is 0.405. The second kappa shape index (κ2) is 8.52. The molecular formula is C13H21N. The van der Waals surface area contributed by atoms with Gasteiger partial charge in [-0.25, -0.2) is 0 Å². The van der Waals surface area contributed by atoms with Crippen molar-refractivity contribution in [3.8, 4) is 0 Å². The first-order chi connectivity index (χ1) is 6.78. The van der Waals surface area contributed by atoms with Gasteiger partial charge in [0, 0.05) is 0 Å². The van der Waals surface area contributed by atoms with Gasteiger partial charge in [-0.15, -0.1) is 19.7 Å². The van der Waals surface area contributed by atoms with Gasteiger partial charge in [-0.3, -0.25) is 0 Å². The number of nitrogens with two attached hydrogens (primary N) is 1. The molecule has 1 nitrogen and oxygen atoms in total. The van der Waals surface area contributed by atoms with Gasteiger partial charge in [-0.2, -0.15) is 0 Å². The lowest BCUT2D eigenvalue weighted by atomic mass is 9.98. The maximum absolute atomic E-state index is 5.66. The van der Waals surface area contributed by atoms with Gasteiger partial charge in [-0.1, -0.05) is 29.9 Å². The summed E-state index contributed by atoms with van der Waals surface area (Å²) in [4.78, 5) is 0. The highest BCUT2D eigenvalue weighted by atomic mass is 14.5. The fourth-order valence-corrected chi connectivity index (χ4v) is 1.37. The Balaban J connectivity index is 4.39. The van der Waals surface area contributed by atoms with Crippen LogP contribution in [0.5, 0.6) is 0 Å². The van der Waals surface area contributed by atoms with Crippen LogP contribution in [0.4, 0.5) is 0 Å². The Bertz CT molecular complexity index is 201. The average Bonchev–Trinajstić information content (AvgIpc) is 2.18. The van der Waals surface area contributed by atoms with E-state index in [1.807, 2.05) is 18.2 Å². The average molecular weight is 191 g/mol. The minimum Gasteiger partial charge on any atom is -0.330 e. The number of hydrogen-bond donors (Lipinski definition) is 1. The zero-order chi connectivity index (χ0) is 10.8. The third-order valence-corrected chi connectivity index (χ3v) is 2.06. The lowest BCUT2D eigenvalue weighted by molar-refractivity contribution is 0.667. The monoisotopic (exact) mass is 191 g/mol. The maximum atomic E-state index is 5.66. The van der Waals surface area contributed by atoms with Gasteiger partial charge in [0.15, 0.2) is 0 Å². The van der Waals surface area contributed by atoms with Gasteiger partial charge in [0.05, 0.1) is 0 Å². The lowest BCUT2D eigenvalue weighted by Gasteiger charge is -2.09. The highest BCUT2D eigenvalue weighted by Gasteiger charge is 2.01. The van der Waals surface area contributed by atoms with Gasteiger partial charge in [-0.05, 0) is 31.7 Å². The van der Waals surface area contributed by atoms with Gasteiger partial charge >= 0.3 is 0 Å². The van der Waals surface area contributed by atoms with Crippen molar-refractivity contribution in [2.75, 3.05) is 6.54 Å². The molecule has 1 heteroatoms. The molecule has 0 aliphatic carbocycles. The quantitative estimate of drug-likeness (QED) is 0.586. The van der Waals surface area contributed by atoms with E-state index < -0.39 is 0 Å². The second-order valence-corrected chi connectivity index (χ2v) is 3.33. The van der Waals surface area contributed by atoms with Crippen molar-refractivity contribution in [3.05, 3.63) is 49.6 Å². The summed E-state index contributed by atoms with van der Waals surface area (Å²) in [7, 11) is 0. The predicted octanol–water partition coefficient (Wildman–Crippen LogP) is 3.22. The minimum atomic E-state index is 0.405. The maximum Gasteiger partial charge on any atom is -0.00111 e. The topological polar surface area (TPSA) is 26.0 Å². The Morgan fingerprint density at radius 2 is 1.64 bits per heavy atom. The summed E-state index contributed by atoms with van der Waals surface area (Å²) in [6.07, 6.45) is 10.7. The van der Waals surface area contributed by atoms with Crippen LogP contribution < -0.4 is 5.73 Å². The molecule has 0 spiro atoms. The molecule has 0 radical (unpaired) electrons. The summed E-state index contributed by atoms with van der Waals surface area (Å²) in [5.74, 6) is 0.405. The zero-order valence-electron chi connectivity index (χ0n) is 8.91. The Morgan fingerprint density at radius 3 is 2.00 bits per heavy atom. The SMILES string of the molecule is C=CCC(=CC(CN)CC=C)CC=C. The van der Waals surface area contributed by atoms with Crippen LogP contribution in [0, 0.1) is 5.92 Å². The van der Waals surface area contributed by atoms with Crippen LogP contribution in [0.2, 0.25) is 0 Å². The summed E-state index contributed by atoms with van der Waals surface area (Å²) in [5.41, 5.74) is 7.00. The molecule has 0 aliphatic rings. The summed E-state index contributed by atoms with van der Waals surface area (Å²) >= 11 is 0. The van der Waals surface area contributed by atoms with E-state index in [0.29, 0.717) is 12.5 Å². The van der Waals surface area contributed by atoms with E-state index in [4.69, 9.17) is 5.73 Å². The van der Waals surface area contributed by atoms with Crippen LogP contribution in [0.1, 0.15) is 19.3 Å². The van der Waals surface area contributed by atoms with Gasteiger partial charge in [0.1, 0.15) is 0 Å². The van der Waals surface area contributed by atoms with Crippen LogP contribution in [-0.2, 0) is 0 Å². The van der Waals surface area contributed by atoms with Crippen molar-refractivity contribution in [2.45, 2.75) is 19.3 Å². The molecule has 0 amide bonds. The lowest BCUT2D eigenvalue weighted by Crippen LogP contribution is -2.11. The fraction of sp³-hybridized carbons (Fsp3) is 0.385. The van der Waals surface area contributed by atoms with Crippen LogP contribution in [0.25, 0.3) is 0 Å². The van der Waals surface area contributed by atoms with E-state index in [1.165, 1.54) is 5.57 Å². The third-order valence-electron chi connectivity index (χ3n) is 2.06. The number of rotatable bonds is 8. The molecule has 0 rings (SSSR count). The molecule has 0 fully saturated rings. The molecule has 0 aromatic carbocycles. The van der Waals surface area contributed by atoms with Crippen LogP contribution in [0.3, 0.4) is 0 Å². The van der Waals surface area contributed by atoms with Crippen molar-refractivity contribution >= 4 is 0 Å². The fourth-order valence-electron chi connectivity index (χ4n) is 1.37. The van der Waals surface area contributed by atoms with Gasteiger partial charge in [0.25, 0.3) is 0 Å². The van der Waals surface area contributed by atoms with Crippen molar-refractivity contribution in [2.24, 2.45) is 11.7 Å². The van der Waals surface area contributed by atoms with Crippen LogP contribution in [-0.4, -0.2) is 6.54 Å². The van der Waals surface area contributed by atoms with E-state index in [0.717, 1.165) is 19.3 Å². The molecule has 0 heterocycles. The number of allylic oxidation sites excluding steroid dienone is 4. The van der Waals surface area contributed by atoms with Crippen LogP contribution >= 0.6 is 0 Å². The molecule has 78 valence electrons. The summed E-state index contributed by atoms with van der Waals surface area (Å²) in [6, 6.07) is 0. The number of hydrogen-bond acceptors (Lipinski definition) is 1. The first kappa shape index (κ1) is 12.9. The van der Waals surface area contributed by atoms with Crippen molar-refractivity contribution in [1.29, 1.82) is 0 Å². The third kappa shape index (κ3) is 5.55. The van der Waals surface area contributed by atoms with Gasteiger partial charge in [0.2, 0.25) is 0 Å². The molecule has 0 saturated heterocycles. The first-order valence-corrected chi connectivity index (χ1v) is 5.00. The van der Waals surface area contributed by atoms with E-state index in [-0.39, 0.29) is 0 Å². The van der Waals surface area contributed by atoms with Crippen molar-refractivity contribution in [3.63, 3.8) is 0 Å². The molecule has 0 aliphatic heterocycles. The van der Waals surface area contributed by atoms with Gasteiger partial charge < -0.3 is 5.73 Å². The molecule has 0 saturated carbocycles. The van der Waals surface area contributed by atoms with E-state index >= 15 is 0 Å². The molecule has 0 aromatic heterocycles. The summed E-state index contributed by atoms with van der Waals surface area (Å²) < 4.78 is 0. The van der Waals surface area contributed by atoms with E-state index in [9.17, 15) is 0 Å². The smallest absolute Gasteiger partial charge is 0.00111 e. The summed E-state index contributed by atoms with van der Waals surface area (Å²) in [5, 5.41) is 0. The largest absolute Gasteiger partial charge is 0.330 e. The van der Waals surface area contributed by atoms with E-state index in [2.05, 4.69) is 25.8 Å². The molecule has 14 heavy (non-hydrogen) atoms. The predicted molar refractivity (Wildman–Crippen MR) is 65.1 cm³/mol. The highest BCUT2D eigenvalue weighted by Crippen LogP contribution is 2.14. The van der Waals surface area contributed by atoms with E-state index in [1.54, 1.807) is 0 Å². The van der Waals surface area contributed by atoms with Crippen molar-refractivity contribution < 1.29 is 0 Å². The Labute approximate surface area is 87.7 Å². The molecule has 2 N–H and O–H groups in total. The molecule has 1 atom stereocenters. The van der Waals surface area contributed by atoms with Crippen LogP contribution in [0.15, 0.2) is 49.6 Å². The standard InChI is InChI=1S/C13H21N/c1-4-7-12(8-5-2)10-13(11-14)9-6-3/h4-6,10,13H,1-3,7-9,11,14H2. The second-order valence-electron chi connectivity index (χ2n) is 3.33. The molecule has 0 aromatic rings. The highest BCUT2D eigenvalue weighted by molar-refractivity contribution is 5.12. The molecule has 0 bridgehead atoms. The Hall–Kier alpha value is -1.08. The summed E-state index contributed by atoms with van der Waals surface area (Å²) in [6.45, 7) is 11.9. The Kier molecular flexibility index (Phi) is 7.86.